The molecule has 1 aromatic heterocycles. The Hall–Kier alpha value is -1.89. The Morgan fingerprint density at radius 1 is 1.50 bits per heavy atom. The fourth-order valence-electron chi connectivity index (χ4n) is 2.61. The van der Waals surface area contributed by atoms with E-state index in [9.17, 15) is 14.7 Å². The van der Waals surface area contributed by atoms with Crippen LogP contribution < -0.4 is 5.32 Å². The number of nitrogens with one attached hydrogen (secondary N) is 1. The zero-order valence-corrected chi connectivity index (χ0v) is 13.2. The van der Waals surface area contributed by atoms with Crippen molar-refractivity contribution in [3.8, 4) is 0 Å². The molecule has 0 bridgehead atoms. The highest BCUT2D eigenvalue weighted by Crippen LogP contribution is 2.19. The van der Waals surface area contributed by atoms with E-state index in [1.54, 1.807) is 13.1 Å². The zero-order chi connectivity index (χ0) is 16.3. The van der Waals surface area contributed by atoms with E-state index in [0.29, 0.717) is 18.9 Å². The number of hydrogen-bond acceptors (Lipinski definition) is 4. The van der Waals surface area contributed by atoms with Crippen molar-refractivity contribution in [3.63, 3.8) is 0 Å². The highest BCUT2D eigenvalue weighted by Gasteiger charge is 2.32. The molecule has 7 heteroatoms. The van der Waals surface area contributed by atoms with Crippen LogP contribution in [-0.4, -0.2) is 46.0 Å². The third-order valence-electron chi connectivity index (χ3n) is 3.94. The van der Waals surface area contributed by atoms with Gasteiger partial charge in [0.1, 0.15) is 11.7 Å². The van der Waals surface area contributed by atoms with Crippen LogP contribution in [0.1, 0.15) is 48.8 Å². The summed E-state index contributed by atoms with van der Waals surface area (Å²) in [6.45, 7) is 4.99. The Balaban J connectivity index is 2.12. The molecule has 2 unspecified atom stereocenters. The molecule has 0 aliphatic carbocycles. The second-order valence-corrected chi connectivity index (χ2v) is 6.00. The minimum atomic E-state index is -1.03. The van der Waals surface area contributed by atoms with E-state index < -0.39 is 17.9 Å². The summed E-state index contributed by atoms with van der Waals surface area (Å²) in [5, 5.41) is 16.3. The van der Waals surface area contributed by atoms with Gasteiger partial charge in [0, 0.05) is 19.6 Å². The van der Waals surface area contributed by atoms with E-state index in [1.807, 2.05) is 13.8 Å². The van der Waals surface area contributed by atoms with Crippen LogP contribution in [-0.2, 0) is 16.6 Å². The summed E-state index contributed by atoms with van der Waals surface area (Å²) >= 11 is 0. The molecule has 2 atom stereocenters. The number of aliphatic carboxylic acids is 1. The molecule has 0 spiro atoms. The molecule has 1 aliphatic heterocycles. The van der Waals surface area contributed by atoms with E-state index in [1.165, 1.54) is 4.68 Å². The molecular formula is C15H23N3O4. The molecule has 0 saturated carbocycles. The third kappa shape index (κ3) is 3.65. The fraction of sp³-hybridized carbons (Fsp3) is 0.667. The first-order valence-corrected chi connectivity index (χ1v) is 7.55. The minimum Gasteiger partial charge on any atom is -0.480 e. The molecule has 0 aromatic carbocycles. The molecule has 0 radical (unpaired) electrons. The van der Waals surface area contributed by atoms with Crippen LogP contribution in [0.4, 0.5) is 0 Å². The van der Waals surface area contributed by atoms with Gasteiger partial charge in [0.25, 0.3) is 5.91 Å². The summed E-state index contributed by atoms with van der Waals surface area (Å²) in [5.74, 6) is -1.45. The van der Waals surface area contributed by atoms with Gasteiger partial charge in [-0.3, -0.25) is 9.48 Å². The molecule has 2 heterocycles. The summed E-state index contributed by atoms with van der Waals surface area (Å²) < 4.78 is 6.81. The largest absolute Gasteiger partial charge is 0.480 e. The molecule has 1 aromatic rings. The zero-order valence-electron chi connectivity index (χ0n) is 13.2. The van der Waals surface area contributed by atoms with Gasteiger partial charge in [-0.25, -0.2) is 4.79 Å². The predicted molar refractivity (Wildman–Crippen MR) is 79.7 cm³/mol. The number of rotatable bonds is 5. The normalized spacial score (nSPS) is 19.9. The Labute approximate surface area is 129 Å². The molecule has 1 aliphatic rings. The van der Waals surface area contributed by atoms with E-state index in [2.05, 4.69) is 10.4 Å². The molecule has 2 N–H and O–H groups in total. The highest BCUT2D eigenvalue weighted by molar-refractivity contribution is 5.95. The number of ether oxygens (including phenoxy) is 1. The van der Waals surface area contributed by atoms with Gasteiger partial charge in [-0.1, -0.05) is 13.8 Å². The van der Waals surface area contributed by atoms with Crippen molar-refractivity contribution in [2.75, 3.05) is 13.2 Å². The second kappa shape index (κ2) is 6.91. The van der Waals surface area contributed by atoms with Crippen LogP contribution in [0.2, 0.25) is 0 Å². The molecule has 1 amide bonds. The molecule has 22 heavy (non-hydrogen) atoms. The van der Waals surface area contributed by atoms with Crippen LogP contribution >= 0.6 is 0 Å². The van der Waals surface area contributed by atoms with Crippen molar-refractivity contribution in [1.82, 2.24) is 15.1 Å². The van der Waals surface area contributed by atoms with Crippen molar-refractivity contribution in [3.05, 3.63) is 17.5 Å². The van der Waals surface area contributed by atoms with E-state index >= 15 is 0 Å². The standard InChI is InChI=1S/C15H23N3O4/c1-9(2)11-7-12(18(3)17-11)14(19)16-13(15(20)21)10-5-4-6-22-8-10/h7,9-10,13H,4-6,8H2,1-3H3,(H,16,19)(H,20,21). The highest BCUT2D eigenvalue weighted by atomic mass is 16.5. The Bertz CT molecular complexity index is 547. The van der Waals surface area contributed by atoms with E-state index in [4.69, 9.17) is 4.74 Å². The number of carboxylic acids is 1. The van der Waals surface area contributed by atoms with Crippen molar-refractivity contribution >= 4 is 11.9 Å². The van der Waals surface area contributed by atoms with E-state index in [-0.39, 0.29) is 11.8 Å². The first kappa shape index (κ1) is 16.5. The molecule has 2 rings (SSSR count). The SMILES string of the molecule is CC(C)c1cc(C(=O)NC(C(=O)O)C2CCCOC2)n(C)n1. The summed E-state index contributed by atoms with van der Waals surface area (Å²) in [6.07, 6.45) is 1.55. The number of carbonyl (C=O) groups is 2. The lowest BCUT2D eigenvalue weighted by Gasteiger charge is -2.28. The Morgan fingerprint density at radius 2 is 2.23 bits per heavy atom. The number of nitrogens with zero attached hydrogens (tertiary/aromatic N) is 2. The van der Waals surface area contributed by atoms with E-state index in [0.717, 1.165) is 18.5 Å². The topological polar surface area (TPSA) is 93.5 Å². The number of carbonyl (C=O) groups excluding carboxylic acids is 1. The van der Waals surface area contributed by atoms with Gasteiger partial charge in [0.2, 0.25) is 0 Å². The number of hydrogen-bond donors (Lipinski definition) is 2. The van der Waals surface area contributed by atoms with Gasteiger partial charge >= 0.3 is 5.97 Å². The van der Waals surface area contributed by atoms with Gasteiger partial charge in [0.05, 0.1) is 12.3 Å². The van der Waals surface area contributed by atoms with Crippen LogP contribution in [0.3, 0.4) is 0 Å². The number of amides is 1. The minimum absolute atomic E-state index is 0.201. The molecule has 122 valence electrons. The quantitative estimate of drug-likeness (QED) is 0.851. The van der Waals surface area contributed by atoms with Gasteiger partial charge in [0.15, 0.2) is 0 Å². The average Bonchev–Trinajstić information content (AvgIpc) is 2.87. The van der Waals surface area contributed by atoms with Crippen molar-refractivity contribution in [2.24, 2.45) is 13.0 Å². The number of aryl methyl sites for hydroxylation is 1. The maximum absolute atomic E-state index is 12.4. The lowest BCUT2D eigenvalue weighted by Crippen LogP contribution is -2.48. The average molecular weight is 309 g/mol. The molecular weight excluding hydrogens is 286 g/mol. The van der Waals surface area contributed by atoms with Gasteiger partial charge in [-0.2, -0.15) is 5.10 Å². The maximum atomic E-state index is 12.4. The van der Waals surface area contributed by atoms with Gasteiger partial charge < -0.3 is 15.2 Å². The molecule has 1 saturated heterocycles. The van der Waals surface area contributed by atoms with Crippen molar-refractivity contribution < 1.29 is 19.4 Å². The molecule has 1 fully saturated rings. The Kier molecular flexibility index (Phi) is 5.18. The van der Waals surface area contributed by atoms with Gasteiger partial charge in [-0.15, -0.1) is 0 Å². The second-order valence-electron chi connectivity index (χ2n) is 6.00. The van der Waals surface area contributed by atoms with Crippen LogP contribution in [0, 0.1) is 5.92 Å². The third-order valence-corrected chi connectivity index (χ3v) is 3.94. The number of aromatic nitrogens is 2. The lowest BCUT2D eigenvalue weighted by atomic mass is 9.93. The maximum Gasteiger partial charge on any atom is 0.326 e. The lowest BCUT2D eigenvalue weighted by molar-refractivity contribution is -0.142. The molecule has 7 nitrogen and oxygen atoms in total. The van der Waals surface area contributed by atoms with Crippen LogP contribution in [0.5, 0.6) is 0 Å². The number of carboxylic acid groups (broad SMARTS) is 1. The van der Waals surface area contributed by atoms with Crippen LogP contribution in [0.25, 0.3) is 0 Å². The first-order valence-electron chi connectivity index (χ1n) is 7.55. The predicted octanol–water partition coefficient (Wildman–Crippen LogP) is 1.15. The van der Waals surface area contributed by atoms with Crippen molar-refractivity contribution in [2.45, 2.75) is 38.6 Å². The van der Waals surface area contributed by atoms with Crippen molar-refractivity contribution in [1.29, 1.82) is 0 Å². The summed E-state index contributed by atoms with van der Waals surface area (Å²) in [7, 11) is 1.68. The smallest absolute Gasteiger partial charge is 0.326 e. The fourth-order valence-corrected chi connectivity index (χ4v) is 2.61. The Morgan fingerprint density at radius 3 is 2.73 bits per heavy atom. The summed E-state index contributed by atoms with van der Waals surface area (Å²) in [4.78, 5) is 23.9. The first-order chi connectivity index (χ1) is 10.4. The van der Waals surface area contributed by atoms with Crippen LogP contribution in [0.15, 0.2) is 6.07 Å². The van der Waals surface area contributed by atoms with Gasteiger partial charge in [-0.05, 0) is 24.8 Å². The summed E-state index contributed by atoms with van der Waals surface area (Å²) in [5.41, 5.74) is 1.17. The summed E-state index contributed by atoms with van der Waals surface area (Å²) in [6, 6.07) is 0.765. The monoisotopic (exact) mass is 309 g/mol.